The summed E-state index contributed by atoms with van der Waals surface area (Å²) < 4.78 is 0. The SMILES string of the molecule is CC(=O)N1CCN(C(C)C(=O)NCc2ccc(C)cc2)CC1. The molecule has 1 atom stereocenters. The molecule has 1 aromatic rings. The van der Waals surface area contributed by atoms with Crippen LogP contribution in [0.1, 0.15) is 25.0 Å². The number of benzene rings is 1. The molecule has 5 heteroatoms. The Morgan fingerprint density at radius 2 is 1.73 bits per heavy atom. The highest BCUT2D eigenvalue weighted by Gasteiger charge is 2.26. The summed E-state index contributed by atoms with van der Waals surface area (Å²) in [4.78, 5) is 27.5. The van der Waals surface area contributed by atoms with Crippen molar-refractivity contribution in [2.24, 2.45) is 0 Å². The molecule has 0 bridgehead atoms. The van der Waals surface area contributed by atoms with E-state index in [1.165, 1.54) is 5.56 Å². The maximum absolute atomic E-state index is 12.3. The zero-order valence-corrected chi connectivity index (χ0v) is 13.6. The van der Waals surface area contributed by atoms with E-state index in [9.17, 15) is 9.59 Å². The van der Waals surface area contributed by atoms with Crippen molar-refractivity contribution < 1.29 is 9.59 Å². The van der Waals surface area contributed by atoms with E-state index in [-0.39, 0.29) is 17.9 Å². The van der Waals surface area contributed by atoms with Crippen LogP contribution >= 0.6 is 0 Å². The monoisotopic (exact) mass is 303 g/mol. The van der Waals surface area contributed by atoms with Gasteiger partial charge < -0.3 is 10.2 Å². The highest BCUT2D eigenvalue weighted by Crippen LogP contribution is 2.08. The standard InChI is InChI=1S/C17H25N3O2/c1-13-4-6-16(7-5-13)12-18-17(22)14(2)19-8-10-20(11-9-19)15(3)21/h4-7,14H,8-12H2,1-3H3,(H,18,22). The lowest BCUT2D eigenvalue weighted by Crippen LogP contribution is -2.54. The van der Waals surface area contributed by atoms with Crippen LogP contribution < -0.4 is 5.32 Å². The van der Waals surface area contributed by atoms with Gasteiger partial charge in [-0.1, -0.05) is 29.8 Å². The Morgan fingerprint density at radius 3 is 2.27 bits per heavy atom. The zero-order valence-electron chi connectivity index (χ0n) is 13.6. The molecule has 1 aliphatic heterocycles. The zero-order chi connectivity index (χ0) is 16.1. The lowest BCUT2D eigenvalue weighted by atomic mass is 10.1. The first-order valence-corrected chi connectivity index (χ1v) is 7.80. The van der Waals surface area contributed by atoms with Crippen molar-refractivity contribution in [3.8, 4) is 0 Å². The molecular formula is C17H25N3O2. The molecule has 1 heterocycles. The smallest absolute Gasteiger partial charge is 0.237 e. The maximum atomic E-state index is 12.3. The van der Waals surface area contributed by atoms with Crippen LogP contribution in [0.25, 0.3) is 0 Å². The topological polar surface area (TPSA) is 52.7 Å². The van der Waals surface area contributed by atoms with Gasteiger partial charge >= 0.3 is 0 Å². The second-order valence-electron chi connectivity index (χ2n) is 5.92. The first-order chi connectivity index (χ1) is 10.5. The average Bonchev–Trinajstić information content (AvgIpc) is 2.53. The third-order valence-electron chi connectivity index (χ3n) is 4.27. The summed E-state index contributed by atoms with van der Waals surface area (Å²) in [7, 11) is 0. The van der Waals surface area contributed by atoms with Gasteiger partial charge in [0.05, 0.1) is 6.04 Å². The molecular weight excluding hydrogens is 278 g/mol. The van der Waals surface area contributed by atoms with Crippen LogP contribution in [0.2, 0.25) is 0 Å². The lowest BCUT2D eigenvalue weighted by Gasteiger charge is -2.37. The summed E-state index contributed by atoms with van der Waals surface area (Å²) in [6, 6.07) is 8.00. The molecule has 120 valence electrons. The third-order valence-corrected chi connectivity index (χ3v) is 4.27. The number of hydrogen-bond donors (Lipinski definition) is 1. The molecule has 1 unspecified atom stereocenters. The normalized spacial score (nSPS) is 17.1. The Morgan fingerprint density at radius 1 is 1.14 bits per heavy atom. The van der Waals surface area contributed by atoms with Gasteiger partial charge in [-0.15, -0.1) is 0 Å². The summed E-state index contributed by atoms with van der Waals surface area (Å²) >= 11 is 0. The summed E-state index contributed by atoms with van der Waals surface area (Å²) in [6.07, 6.45) is 0. The van der Waals surface area contributed by atoms with Crippen molar-refractivity contribution in [2.75, 3.05) is 26.2 Å². The Labute approximate surface area is 132 Å². The van der Waals surface area contributed by atoms with Crippen molar-refractivity contribution in [1.82, 2.24) is 15.1 Å². The fourth-order valence-electron chi connectivity index (χ4n) is 2.63. The minimum absolute atomic E-state index is 0.0388. The molecule has 1 fully saturated rings. The van der Waals surface area contributed by atoms with Crippen LogP contribution in [0.15, 0.2) is 24.3 Å². The number of nitrogens with one attached hydrogen (secondary N) is 1. The van der Waals surface area contributed by atoms with E-state index in [1.54, 1.807) is 6.92 Å². The lowest BCUT2D eigenvalue weighted by molar-refractivity contribution is -0.132. The number of carbonyl (C=O) groups is 2. The number of hydrogen-bond acceptors (Lipinski definition) is 3. The summed E-state index contributed by atoms with van der Waals surface area (Å²) in [5.41, 5.74) is 2.32. The molecule has 2 amide bonds. The Kier molecular flexibility index (Phi) is 5.55. The van der Waals surface area contributed by atoms with Crippen LogP contribution in [0.3, 0.4) is 0 Å². The van der Waals surface area contributed by atoms with Gasteiger partial charge in [-0.3, -0.25) is 14.5 Å². The average molecular weight is 303 g/mol. The largest absolute Gasteiger partial charge is 0.351 e. The Hall–Kier alpha value is -1.88. The van der Waals surface area contributed by atoms with Crippen LogP contribution in [0.4, 0.5) is 0 Å². The van der Waals surface area contributed by atoms with Crippen LogP contribution in [-0.2, 0) is 16.1 Å². The van der Waals surface area contributed by atoms with E-state index in [2.05, 4.69) is 10.2 Å². The second kappa shape index (κ2) is 7.40. The predicted molar refractivity (Wildman–Crippen MR) is 86.3 cm³/mol. The van der Waals surface area contributed by atoms with E-state index < -0.39 is 0 Å². The van der Waals surface area contributed by atoms with Crippen LogP contribution in [0, 0.1) is 6.92 Å². The quantitative estimate of drug-likeness (QED) is 0.908. The van der Waals surface area contributed by atoms with Crippen molar-refractivity contribution >= 4 is 11.8 Å². The van der Waals surface area contributed by atoms with Crippen molar-refractivity contribution in [1.29, 1.82) is 0 Å². The van der Waals surface area contributed by atoms with Crippen LogP contribution in [0.5, 0.6) is 0 Å². The van der Waals surface area contributed by atoms with Crippen LogP contribution in [-0.4, -0.2) is 53.8 Å². The van der Waals surface area contributed by atoms with Crippen molar-refractivity contribution in [2.45, 2.75) is 33.4 Å². The molecule has 0 aliphatic carbocycles. The Balaban J connectivity index is 1.80. The highest BCUT2D eigenvalue weighted by molar-refractivity contribution is 5.81. The van der Waals surface area contributed by atoms with Gasteiger partial charge in [-0.2, -0.15) is 0 Å². The van der Waals surface area contributed by atoms with E-state index in [4.69, 9.17) is 0 Å². The molecule has 2 rings (SSSR count). The molecule has 1 aromatic carbocycles. The number of rotatable bonds is 4. The van der Waals surface area contributed by atoms with E-state index in [1.807, 2.05) is 43.0 Å². The molecule has 0 spiro atoms. The molecule has 1 N–H and O–H groups in total. The third kappa shape index (κ3) is 4.31. The maximum Gasteiger partial charge on any atom is 0.237 e. The second-order valence-corrected chi connectivity index (χ2v) is 5.92. The first-order valence-electron chi connectivity index (χ1n) is 7.80. The molecule has 0 aromatic heterocycles. The Bertz CT molecular complexity index is 519. The fourth-order valence-corrected chi connectivity index (χ4v) is 2.63. The van der Waals surface area contributed by atoms with Crippen molar-refractivity contribution in [3.63, 3.8) is 0 Å². The number of piperazine rings is 1. The van der Waals surface area contributed by atoms with E-state index in [0.717, 1.165) is 18.7 Å². The molecule has 0 radical (unpaired) electrons. The predicted octanol–water partition coefficient (Wildman–Crippen LogP) is 1.16. The number of aryl methyl sites for hydroxylation is 1. The number of nitrogens with zero attached hydrogens (tertiary/aromatic N) is 2. The minimum Gasteiger partial charge on any atom is -0.351 e. The molecule has 0 saturated carbocycles. The van der Waals surface area contributed by atoms with Gasteiger partial charge in [0, 0.05) is 39.6 Å². The van der Waals surface area contributed by atoms with E-state index in [0.29, 0.717) is 19.6 Å². The van der Waals surface area contributed by atoms with Gasteiger partial charge in [-0.25, -0.2) is 0 Å². The number of carbonyl (C=O) groups excluding carboxylic acids is 2. The fraction of sp³-hybridized carbons (Fsp3) is 0.529. The van der Waals surface area contributed by atoms with Gasteiger partial charge in [0.25, 0.3) is 0 Å². The molecule has 22 heavy (non-hydrogen) atoms. The summed E-state index contributed by atoms with van der Waals surface area (Å²) in [5, 5.41) is 2.99. The number of amides is 2. The van der Waals surface area contributed by atoms with Gasteiger partial charge in [0.15, 0.2) is 0 Å². The molecule has 5 nitrogen and oxygen atoms in total. The molecule has 1 aliphatic rings. The van der Waals surface area contributed by atoms with Gasteiger partial charge in [0.2, 0.25) is 11.8 Å². The minimum atomic E-state index is -0.167. The highest BCUT2D eigenvalue weighted by atomic mass is 16.2. The van der Waals surface area contributed by atoms with Gasteiger partial charge in [-0.05, 0) is 19.4 Å². The first kappa shape index (κ1) is 16.5. The van der Waals surface area contributed by atoms with Gasteiger partial charge in [0.1, 0.15) is 0 Å². The van der Waals surface area contributed by atoms with E-state index >= 15 is 0 Å². The summed E-state index contributed by atoms with van der Waals surface area (Å²) in [5.74, 6) is 0.146. The summed E-state index contributed by atoms with van der Waals surface area (Å²) in [6.45, 7) is 9.01. The van der Waals surface area contributed by atoms with Crippen molar-refractivity contribution in [3.05, 3.63) is 35.4 Å². The molecule has 1 saturated heterocycles.